The number of rotatable bonds is 5. The fourth-order valence-electron chi connectivity index (χ4n) is 5.46. The number of carboxylic acid groups (broad SMARTS) is 1. The Morgan fingerprint density at radius 3 is 2.58 bits per heavy atom. The van der Waals surface area contributed by atoms with Crippen molar-refractivity contribution < 1.29 is 19.5 Å². The van der Waals surface area contributed by atoms with Gasteiger partial charge in [-0.25, -0.2) is 0 Å². The van der Waals surface area contributed by atoms with Crippen LogP contribution in [-0.2, 0) is 19.8 Å². The number of hydrogen-bond donors (Lipinski definition) is 2. The van der Waals surface area contributed by atoms with Crippen molar-refractivity contribution in [2.75, 3.05) is 11.9 Å². The van der Waals surface area contributed by atoms with Gasteiger partial charge in [0.15, 0.2) is 0 Å². The molecule has 0 bridgehead atoms. The van der Waals surface area contributed by atoms with Crippen molar-refractivity contribution in [2.45, 2.75) is 44.1 Å². The van der Waals surface area contributed by atoms with Gasteiger partial charge in [-0.05, 0) is 48.7 Å². The van der Waals surface area contributed by atoms with Crippen molar-refractivity contribution in [1.82, 2.24) is 4.90 Å². The zero-order chi connectivity index (χ0) is 23.9. The lowest BCUT2D eigenvalue weighted by Gasteiger charge is -2.51. The number of amides is 2. The second-order valence-electron chi connectivity index (χ2n) is 8.36. The van der Waals surface area contributed by atoms with Gasteiger partial charge in [0, 0.05) is 28.1 Å². The smallest absolute Gasteiger partial charge is 0.323 e. The molecule has 2 heterocycles. The van der Waals surface area contributed by atoms with Crippen LogP contribution in [0.4, 0.5) is 5.69 Å². The van der Waals surface area contributed by atoms with Gasteiger partial charge in [0.2, 0.25) is 11.8 Å². The van der Waals surface area contributed by atoms with E-state index >= 15 is 0 Å². The Morgan fingerprint density at radius 2 is 1.94 bits per heavy atom. The second kappa shape index (κ2) is 8.84. The molecule has 2 aromatic carbocycles. The van der Waals surface area contributed by atoms with Crippen molar-refractivity contribution >= 4 is 46.7 Å². The Labute approximate surface area is 202 Å². The first-order valence-corrected chi connectivity index (χ1v) is 11.5. The zero-order valence-electron chi connectivity index (χ0n) is 18.3. The third-order valence-electron chi connectivity index (χ3n) is 6.73. The Hall–Kier alpha value is -2.83. The standard InChI is InChI=1S/C25H24Cl2N2O4/c1-3-14(4-2)23-25(18-9-8-17(27)11-20(18)28-24(25)33)19(15-6-5-7-16(26)10-15)12-21(30)29(23)13-22(31)32/h3,5-11,19,23H,4,12-13H2,1-2H3,(H,28,33)(H,31,32)/b14-3+/t19-,23+,25-/m0/s1. The summed E-state index contributed by atoms with van der Waals surface area (Å²) >= 11 is 12.5. The van der Waals surface area contributed by atoms with Crippen molar-refractivity contribution in [3.05, 3.63) is 75.3 Å². The van der Waals surface area contributed by atoms with Gasteiger partial charge in [0.1, 0.15) is 12.0 Å². The minimum atomic E-state index is -1.24. The Kier molecular flexibility index (Phi) is 6.25. The third-order valence-corrected chi connectivity index (χ3v) is 7.20. The maximum Gasteiger partial charge on any atom is 0.323 e. The highest BCUT2D eigenvalue weighted by Gasteiger charge is 2.63. The normalized spacial score (nSPS) is 24.7. The first-order valence-electron chi connectivity index (χ1n) is 10.8. The maximum atomic E-state index is 14.0. The molecule has 1 spiro atoms. The Balaban J connectivity index is 2.07. The second-order valence-corrected chi connectivity index (χ2v) is 9.23. The highest BCUT2D eigenvalue weighted by molar-refractivity contribution is 6.31. The molecule has 2 amide bonds. The molecular weight excluding hydrogens is 463 g/mol. The number of likely N-dealkylation sites (tertiary alicyclic amines) is 1. The van der Waals surface area contributed by atoms with Gasteiger partial charge >= 0.3 is 5.97 Å². The molecule has 3 atom stereocenters. The Morgan fingerprint density at radius 1 is 1.21 bits per heavy atom. The fourth-order valence-corrected chi connectivity index (χ4v) is 5.83. The molecule has 1 fully saturated rings. The number of fused-ring (bicyclic) bond motifs is 2. The number of allylic oxidation sites excluding steroid dienone is 1. The van der Waals surface area contributed by atoms with Crippen LogP contribution in [0.15, 0.2) is 54.1 Å². The number of carboxylic acids is 1. The number of nitrogens with one attached hydrogen (secondary N) is 1. The zero-order valence-corrected chi connectivity index (χ0v) is 19.8. The van der Waals surface area contributed by atoms with Crippen LogP contribution in [0, 0.1) is 0 Å². The molecule has 2 aromatic rings. The van der Waals surface area contributed by atoms with Gasteiger partial charge in [-0.3, -0.25) is 14.4 Å². The summed E-state index contributed by atoms with van der Waals surface area (Å²) < 4.78 is 0. The van der Waals surface area contributed by atoms with E-state index < -0.39 is 29.9 Å². The number of hydrogen-bond acceptors (Lipinski definition) is 3. The van der Waals surface area contributed by atoms with Gasteiger partial charge in [-0.2, -0.15) is 0 Å². The van der Waals surface area contributed by atoms with Crippen LogP contribution < -0.4 is 5.32 Å². The summed E-state index contributed by atoms with van der Waals surface area (Å²) in [4.78, 5) is 40.5. The van der Waals surface area contributed by atoms with Gasteiger partial charge in [-0.15, -0.1) is 0 Å². The molecular formula is C25H24Cl2N2O4. The molecule has 2 N–H and O–H groups in total. The van der Waals surface area contributed by atoms with Gasteiger partial charge in [0.25, 0.3) is 0 Å². The molecule has 2 aliphatic rings. The highest BCUT2D eigenvalue weighted by Crippen LogP contribution is 2.56. The summed E-state index contributed by atoms with van der Waals surface area (Å²) in [6.45, 7) is 3.28. The van der Waals surface area contributed by atoms with E-state index in [-0.39, 0.29) is 18.2 Å². The molecule has 0 aliphatic carbocycles. The van der Waals surface area contributed by atoms with E-state index in [1.54, 1.807) is 36.4 Å². The van der Waals surface area contributed by atoms with Crippen LogP contribution in [0.1, 0.15) is 43.7 Å². The quantitative estimate of drug-likeness (QED) is 0.581. The van der Waals surface area contributed by atoms with E-state index in [0.717, 1.165) is 11.1 Å². The molecule has 0 radical (unpaired) electrons. The van der Waals surface area contributed by atoms with Crippen LogP contribution in [0.2, 0.25) is 10.0 Å². The van der Waals surface area contributed by atoms with Crippen molar-refractivity contribution in [3.63, 3.8) is 0 Å². The number of benzene rings is 2. The number of carbonyl (C=O) groups is 3. The number of halogens is 2. The number of aliphatic carboxylic acids is 1. The lowest BCUT2D eigenvalue weighted by molar-refractivity contribution is -0.152. The van der Waals surface area contributed by atoms with Crippen LogP contribution >= 0.6 is 23.2 Å². The summed E-state index contributed by atoms with van der Waals surface area (Å²) in [5, 5.41) is 13.6. The van der Waals surface area contributed by atoms with E-state index in [0.29, 0.717) is 27.7 Å². The van der Waals surface area contributed by atoms with Crippen LogP contribution in [0.5, 0.6) is 0 Å². The average Bonchev–Trinajstić information content (AvgIpc) is 3.04. The fraction of sp³-hybridized carbons (Fsp3) is 0.320. The van der Waals surface area contributed by atoms with E-state index in [1.807, 2.05) is 26.0 Å². The average molecular weight is 487 g/mol. The van der Waals surface area contributed by atoms with Crippen molar-refractivity contribution in [2.24, 2.45) is 0 Å². The molecule has 0 saturated carbocycles. The summed E-state index contributed by atoms with van der Waals surface area (Å²) in [6, 6.07) is 11.6. The summed E-state index contributed by atoms with van der Waals surface area (Å²) in [5.41, 5.74) is 1.59. The van der Waals surface area contributed by atoms with Gasteiger partial charge < -0.3 is 15.3 Å². The number of carbonyl (C=O) groups excluding carboxylic acids is 2. The summed E-state index contributed by atoms with van der Waals surface area (Å²) in [6.07, 6.45) is 2.39. The van der Waals surface area contributed by atoms with E-state index in [9.17, 15) is 19.5 Å². The summed E-state index contributed by atoms with van der Waals surface area (Å²) in [5.74, 6) is -2.29. The SMILES string of the molecule is C/C=C(\CC)[C@H]1N(CC(=O)O)C(=O)C[C@@H](c2cccc(Cl)c2)[C@]12C(=O)Nc1cc(Cl)ccc12. The molecule has 0 aromatic heterocycles. The molecule has 172 valence electrons. The monoisotopic (exact) mass is 486 g/mol. The first-order chi connectivity index (χ1) is 15.7. The minimum Gasteiger partial charge on any atom is -0.480 e. The molecule has 2 aliphatic heterocycles. The van der Waals surface area contributed by atoms with Crippen LogP contribution in [0.25, 0.3) is 0 Å². The minimum absolute atomic E-state index is 0.0275. The maximum absolute atomic E-state index is 14.0. The molecule has 4 rings (SSSR count). The van der Waals surface area contributed by atoms with E-state index in [1.165, 1.54) is 4.90 Å². The van der Waals surface area contributed by atoms with Crippen molar-refractivity contribution in [1.29, 1.82) is 0 Å². The molecule has 1 saturated heterocycles. The van der Waals surface area contributed by atoms with E-state index in [2.05, 4.69) is 5.32 Å². The predicted molar refractivity (Wildman–Crippen MR) is 128 cm³/mol. The van der Waals surface area contributed by atoms with Gasteiger partial charge in [-0.1, -0.05) is 60.0 Å². The predicted octanol–water partition coefficient (Wildman–Crippen LogP) is 5.01. The highest BCUT2D eigenvalue weighted by atomic mass is 35.5. The first kappa shape index (κ1) is 23.3. The third kappa shape index (κ3) is 3.71. The summed E-state index contributed by atoms with van der Waals surface area (Å²) in [7, 11) is 0. The van der Waals surface area contributed by atoms with Crippen molar-refractivity contribution in [3.8, 4) is 0 Å². The van der Waals surface area contributed by atoms with E-state index in [4.69, 9.17) is 23.2 Å². The van der Waals surface area contributed by atoms with Crippen LogP contribution in [0.3, 0.4) is 0 Å². The lowest BCUT2D eigenvalue weighted by Crippen LogP contribution is -2.64. The number of nitrogens with zero attached hydrogens (tertiary/aromatic N) is 1. The molecule has 6 nitrogen and oxygen atoms in total. The molecule has 8 heteroatoms. The molecule has 33 heavy (non-hydrogen) atoms. The largest absolute Gasteiger partial charge is 0.480 e. The van der Waals surface area contributed by atoms with Gasteiger partial charge in [0.05, 0.1) is 6.04 Å². The van der Waals surface area contributed by atoms with Crippen LogP contribution in [-0.4, -0.2) is 40.4 Å². The topological polar surface area (TPSA) is 86.7 Å². The Bertz CT molecular complexity index is 1180. The number of piperidine rings is 1. The number of anilines is 1. The molecule has 0 unspecified atom stereocenters. The lowest BCUT2D eigenvalue weighted by atomic mass is 9.58.